The number of methoxy groups -OCH3 is 1. The average Bonchev–Trinajstić information content (AvgIpc) is 2.71. The lowest BCUT2D eigenvalue weighted by molar-refractivity contribution is 0.311. The molecule has 0 atom stereocenters. The molecule has 0 saturated carbocycles. The summed E-state index contributed by atoms with van der Waals surface area (Å²) in [5.74, 6) is 0.973. The summed E-state index contributed by atoms with van der Waals surface area (Å²) in [5.41, 5.74) is 0.205. The molecule has 2 rings (SSSR count). The molecule has 1 aromatic heterocycles. The number of aromatic nitrogens is 1. The van der Waals surface area contributed by atoms with Gasteiger partial charge in [-0.05, 0) is 30.7 Å². The molecule has 0 saturated heterocycles. The summed E-state index contributed by atoms with van der Waals surface area (Å²) < 4.78 is 15.3. The van der Waals surface area contributed by atoms with Crippen LogP contribution in [0, 0.1) is 0 Å². The molecule has 0 unspecified atom stereocenters. The standard InChI is InChI=1S/C14H14ClNO4/c1-4-19-12-7-9(6-11(15)13(12)18-3)5-10-8(2)16-20-14(10)17/h5-7,16H,2,4H2,1,3H3/b10-5-. The fourth-order valence-corrected chi connectivity index (χ4v) is 2.08. The van der Waals surface area contributed by atoms with Crippen LogP contribution >= 0.6 is 11.6 Å². The van der Waals surface area contributed by atoms with Gasteiger partial charge in [0.25, 0.3) is 0 Å². The van der Waals surface area contributed by atoms with Crippen LogP contribution in [0.5, 0.6) is 11.5 Å². The number of H-pyrrole nitrogens is 1. The Morgan fingerprint density at radius 2 is 2.25 bits per heavy atom. The topological polar surface area (TPSA) is 64.5 Å². The number of ether oxygens (including phenoxy) is 2. The van der Waals surface area contributed by atoms with Gasteiger partial charge in [-0.15, -0.1) is 0 Å². The first-order valence-corrected chi connectivity index (χ1v) is 6.33. The van der Waals surface area contributed by atoms with Crippen molar-refractivity contribution in [1.29, 1.82) is 0 Å². The Kier molecular flexibility index (Phi) is 4.20. The van der Waals surface area contributed by atoms with Gasteiger partial charge in [-0.3, -0.25) is 0 Å². The monoisotopic (exact) mass is 295 g/mol. The van der Waals surface area contributed by atoms with Crippen LogP contribution in [0.2, 0.25) is 5.02 Å². The third kappa shape index (κ3) is 2.72. The molecule has 1 heterocycles. The summed E-state index contributed by atoms with van der Waals surface area (Å²) in [6.45, 7) is 6.02. The lowest BCUT2D eigenvalue weighted by Gasteiger charge is -2.11. The van der Waals surface area contributed by atoms with Crippen LogP contribution in [-0.4, -0.2) is 18.9 Å². The van der Waals surface area contributed by atoms with Crippen LogP contribution in [0.4, 0.5) is 0 Å². The van der Waals surface area contributed by atoms with E-state index in [1.54, 1.807) is 18.2 Å². The molecule has 0 spiro atoms. The minimum absolute atomic E-state index is 0.341. The Morgan fingerprint density at radius 1 is 1.50 bits per heavy atom. The van der Waals surface area contributed by atoms with Gasteiger partial charge >= 0.3 is 5.63 Å². The van der Waals surface area contributed by atoms with E-state index in [-0.39, 0.29) is 0 Å². The van der Waals surface area contributed by atoms with E-state index in [0.29, 0.717) is 39.3 Å². The van der Waals surface area contributed by atoms with Gasteiger partial charge in [-0.1, -0.05) is 18.2 Å². The average molecular weight is 296 g/mol. The van der Waals surface area contributed by atoms with Crippen molar-refractivity contribution in [3.63, 3.8) is 0 Å². The molecule has 0 amide bonds. The Morgan fingerprint density at radius 3 is 2.80 bits per heavy atom. The second-order valence-electron chi connectivity index (χ2n) is 4.00. The second-order valence-corrected chi connectivity index (χ2v) is 4.40. The first-order valence-electron chi connectivity index (χ1n) is 5.95. The molecule has 5 nitrogen and oxygen atoms in total. The molecule has 106 valence electrons. The van der Waals surface area contributed by atoms with Crippen LogP contribution in [-0.2, 0) is 0 Å². The predicted molar refractivity (Wildman–Crippen MR) is 76.8 cm³/mol. The molecule has 0 fully saturated rings. The summed E-state index contributed by atoms with van der Waals surface area (Å²) in [5, 5.41) is 3.56. The Bertz CT molecular complexity index is 745. The number of hydrogen-bond donors (Lipinski definition) is 1. The zero-order valence-electron chi connectivity index (χ0n) is 11.2. The smallest absolute Gasteiger partial charge is 0.365 e. The Balaban J connectivity index is 2.62. The molecule has 2 aromatic rings. The third-order valence-electron chi connectivity index (χ3n) is 2.66. The summed E-state index contributed by atoms with van der Waals surface area (Å²) >= 11 is 6.14. The highest BCUT2D eigenvalue weighted by atomic mass is 35.5. The van der Waals surface area contributed by atoms with Gasteiger partial charge < -0.3 is 14.0 Å². The molecule has 0 radical (unpaired) electrons. The molecule has 0 aliphatic carbocycles. The van der Waals surface area contributed by atoms with E-state index in [1.807, 2.05) is 6.92 Å². The van der Waals surface area contributed by atoms with E-state index in [1.165, 1.54) is 7.11 Å². The van der Waals surface area contributed by atoms with E-state index in [2.05, 4.69) is 16.3 Å². The number of benzene rings is 1. The molecule has 0 aliphatic rings. The van der Waals surface area contributed by atoms with Crippen LogP contribution < -0.4 is 25.7 Å². The highest BCUT2D eigenvalue weighted by Gasteiger charge is 2.10. The maximum absolute atomic E-state index is 11.5. The van der Waals surface area contributed by atoms with Gasteiger partial charge in [-0.25, -0.2) is 9.95 Å². The number of aromatic amines is 1. The van der Waals surface area contributed by atoms with Crippen LogP contribution in [0.15, 0.2) is 21.5 Å². The predicted octanol–water partition coefficient (Wildman–Crippen LogP) is 1.27. The summed E-state index contributed by atoms with van der Waals surface area (Å²) in [6, 6.07) is 3.41. The van der Waals surface area contributed by atoms with E-state index in [9.17, 15) is 4.79 Å². The first-order chi connectivity index (χ1) is 9.56. The lowest BCUT2D eigenvalue weighted by atomic mass is 10.1. The Hall–Kier alpha value is -2.14. The van der Waals surface area contributed by atoms with Gasteiger partial charge in [0.2, 0.25) is 0 Å². The molecular weight excluding hydrogens is 282 g/mol. The van der Waals surface area contributed by atoms with Crippen LogP contribution in [0.3, 0.4) is 0 Å². The summed E-state index contributed by atoms with van der Waals surface area (Å²) in [4.78, 5) is 11.5. The molecule has 20 heavy (non-hydrogen) atoms. The fraction of sp³-hybridized carbons (Fsp3) is 0.214. The SMILES string of the molecule is C=c1[nH]oc(=O)/c1=C\c1cc(Cl)c(OC)c(OCC)c1. The highest BCUT2D eigenvalue weighted by Crippen LogP contribution is 2.36. The van der Waals surface area contributed by atoms with Crippen molar-refractivity contribution >= 4 is 24.3 Å². The van der Waals surface area contributed by atoms with Crippen LogP contribution in [0.25, 0.3) is 12.7 Å². The van der Waals surface area contributed by atoms with Gasteiger partial charge in [0.05, 0.1) is 29.3 Å². The van der Waals surface area contributed by atoms with Gasteiger partial charge in [-0.2, -0.15) is 0 Å². The van der Waals surface area contributed by atoms with E-state index in [0.717, 1.165) is 0 Å². The van der Waals surface area contributed by atoms with Crippen molar-refractivity contribution in [2.24, 2.45) is 0 Å². The summed E-state index contributed by atoms with van der Waals surface area (Å²) in [7, 11) is 1.52. The first kappa shape index (κ1) is 14.3. The van der Waals surface area contributed by atoms with Crippen LogP contribution in [0.1, 0.15) is 12.5 Å². The second kappa shape index (κ2) is 5.88. The van der Waals surface area contributed by atoms with Crippen molar-refractivity contribution in [1.82, 2.24) is 5.16 Å². The number of halogens is 1. The van der Waals surface area contributed by atoms with Crippen molar-refractivity contribution in [2.45, 2.75) is 6.92 Å². The quantitative estimate of drug-likeness (QED) is 0.922. The summed E-state index contributed by atoms with van der Waals surface area (Å²) in [6.07, 6.45) is 1.62. The maximum atomic E-state index is 11.5. The molecular formula is C14H14ClNO4. The molecule has 0 aliphatic heterocycles. The van der Waals surface area contributed by atoms with Gasteiger partial charge in [0, 0.05) is 0 Å². The largest absolute Gasteiger partial charge is 0.491 e. The molecule has 1 N–H and O–H groups in total. The van der Waals surface area contributed by atoms with E-state index >= 15 is 0 Å². The third-order valence-corrected chi connectivity index (χ3v) is 2.94. The zero-order valence-corrected chi connectivity index (χ0v) is 11.9. The van der Waals surface area contributed by atoms with E-state index < -0.39 is 5.63 Å². The number of nitrogens with one attached hydrogen (secondary N) is 1. The molecule has 0 bridgehead atoms. The van der Waals surface area contributed by atoms with Gasteiger partial charge in [0.1, 0.15) is 0 Å². The van der Waals surface area contributed by atoms with Crippen molar-refractivity contribution in [2.75, 3.05) is 13.7 Å². The normalized spacial score (nSPS) is 11.7. The number of hydrogen-bond acceptors (Lipinski definition) is 4. The van der Waals surface area contributed by atoms with E-state index in [4.69, 9.17) is 21.1 Å². The van der Waals surface area contributed by atoms with Crippen molar-refractivity contribution < 1.29 is 14.0 Å². The highest BCUT2D eigenvalue weighted by molar-refractivity contribution is 6.32. The maximum Gasteiger partial charge on any atom is 0.365 e. The lowest BCUT2D eigenvalue weighted by Crippen LogP contribution is -2.31. The minimum Gasteiger partial charge on any atom is -0.491 e. The van der Waals surface area contributed by atoms with Crippen molar-refractivity contribution in [3.05, 3.63) is 43.7 Å². The zero-order chi connectivity index (χ0) is 14.7. The number of rotatable bonds is 4. The molecule has 1 aromatic carbocycles. The molecule has 6 heteroatoms. The minimum atomic E-state index is -0.486. The van der Waals surface area contributed by atoms with Crippen molar-refractivity contribution in [3.8, 4) is 11.5 Å². The Labute approximate surface area is 120 Å². The fourth-order valence-electron chi connectivity index (χ4n) is 1.79. The van der Waals surface area contributed by atoms with Gasteiger partial charge in [0.15, 0.2) is 11.5 Å².